The van der Waals surface area contributed by atoms with Crippen LogP contribution in [0.15, 0.2) is 42.5 Å². The lowest BCUT2D eigenvalue weighted by Gasteiger charge is -2.54. The standard InChI is InChI=1S/C34H43F2N5O2/c1-43-33(42)38-32-8-3-7-30(32)34(23-40-13-4-14-40,27-5-2-6-28(35)17-27)26-11-15-39(16-12-26)20-24-21-41(22-24)29-10-9-25(19-37)31(36)18-29/h2,5-6,9-10,17-18,24,26,30,32H,3-4,7-8,11-16,20-23H2,1H3,(H,38,42)/t30-,32-,34-/m0/s1. The minimum atomic E-state index is -0.461. The van der Waals surface area contributed by atoms with E-state index in [0.29, 0.717) is 11.8 Å². The number of halogens is 2. The molecule has 3 heterocycles. The predicted molar refractivity (Wildman–Crippen MR) is 162 cm³/mol. The number of carbonyl (C=O) groups excluding carboxylic acids is 1. The van der Waals surface area contributed by atoms with Crippen LogP contribution in [0.2, 0.25) is 0 Å². The van der Waals surface area contributed by atoms with E-state index in [1.165, 1.54) is 25.7 Å². The summed E-state index contributed by atoms with van der Waals surface area (Å²) in [4.78, 5) is 19.7. The smallest absolute Gasteiger partial charge is 0.407 e. The Morgan fingerprint density at radius 3 is 2.47 bits per heavy atom. The molecule has 43 heavy (non-hydrogen) atoms. The molecule has 0 bridgehead atoms. The number of benzene rings is 2. The summed E-state index contributed by atoms with van der Waals surface area (Å²) in [6.07, 6.45) is 5.83. The first-order chi connectivity index (χ1) is 20.9. The van der Waals surface area contributed by atoms with Crippen LogP contribution in [0.4, 0.5) is 19.3 Å². The summed E-state index contributed by atoms with van der Waals surface area (Å²) in [6.45, 7) is 7.79. The molecule has 3 atom stereocenters. The maximum absolute atomic E-state index is 14.9. The van der Waals surface area contributed by atoms with E-state index in [0.717, 1.165) is 95.7 Å². The summed E-state index contributed by atoms with van der Waals surface area (Å²) in [7, 11) is 1.42. The lowest BCUT2D eigenvalue weighted by Crippen LogP contribution is -2.60. The highest BCUT2D eigenvalue weighted by Crippen LogP contribution is 2.51. The second-order valence-electron chi connectivity index (χ2n) is 13.1. The average molecular weight is 592 g/mol. The number of hydrogen-bond donors (Lipinski definition) is 1. The third-order valence-electron chi connectivity index (χ3n) is 10.7. The van der Waals surface area contributed by atoms with Crippen molar-refractivity contribution in [3.63, 3.8) is 0 Å². The highest BCUT2D eigenvalue weighted by molar-refractivity contribution is 5.67. The van der Waals surface area contributed by atoms with E-state index in [1.807, 2.05) is 18.2 Å². The zero-order chi connectivity index (χ0) is 30.0. The summed E-state index contributed by atoms with van der Waals surface area (Å²) in [5.74, 6) is 0.439. The van der Waals surface area contributed by atoms with Crippen LogP contribution in [0.1, 0.15) is 49.7 Å². The van der Waals surface area contributed by atoms with Crippen LogP contribution in [0.5, 0.6) is 0 Å². The Balaban J connectivity index is 1.17. The van der Waals surface area contributed by atoms with Gasteiger partial charge in [0.2, 0.25) is 0 Å². The van der Waals surface area contributed by atoms with Gasteiger partial charge in [0.25, 0.3) is 0 Å². The number of hydrogen-bond acceptors (Lipinski definition) is 6. The molecule has 230 valence electrons. The van der Waals surface area contributed by atoms with Gasteiger partial charge >= 0.3 is 6.09 Å². The van der Waals surface area contributed by atoms with Crippen LogP contribution in [-0.2, 0) is 10.2 Å². The van der Waals surface area contributed by atoms with E-state index in [1.54, 1.807) is 12.1 Å². The molecule has 0 radical (unpaired) electrons. The van der Waals surface area contributed by atoms with Crippen molar-refractivity contribution in [2.24, 2.45) is 17.8 Å². The van der Waals surface area contributed by atoms with Gasteiger partial charge in [0.15, 0.2) is 0 Å². The van der Waals surface area contributed by atoms with E-state index in [9.17, 15) is 13.6 Å². The van der Waals surface area contributed by atoms with Crippen molar-refractivity contribution in [1.29, 1.82) is 5.26 Å². The third kappa shape index (κ3) is 6.09. The molecule has 0 aromatic heterocycles. The lowest BCUT2D eigenvalue weighted by atomic mass is 9.57. The number of ether oxygens (including phenoxy) is 1. The van der Waals surface area contributed by atoms with Crippen molar-refractivity contribution < 1.29 is 18.3 Å². The Morgan fingerprint density at radius 2 is 1.81 bits per heavy atom. The molecule has 7 nitrogen and oxygen atoms in total. The van der Waals surface area contributed by atoms with Crippen molar-refractivity contribution in [3.8, 4) is 6.07 Å². The van der Waals surface area contributed by atoms with E-state index >= 15 is 0 Å². The minimum absolute atomic E-state index is 0.00282. The maximum atomic E-state index is 14.9. The number of alkyl carbamates (subject to hydrolysis) is 1. The van der Waals surface area contributed by atoms with Gasteiger partial charge in [-0.05, 0) is 106 Å². The zero-order valence-corrected chi connectivity index (χ0v) is 25.1. The molecule has 3 saturated heterocycles. The average Bonchev–Trinajstić information content (AvgIpc) is 3.43. The first-order valence-corrected chi connectivity index (χ1v) is 15.9. The number of likely N-dealkylation sites (tertiary alicyclic amines) is 2. The van der Waals surface area contributed by atoms with Crippen LogP contribution < -0.4 is 10.2 Å². The Kier molecular flexibility index (Phi) is 8.88. The van der Waals surface area contributed by atoms with Crippen molar-refractivity contribution in [2.75, 3.05) is 64.4 Å². The second-order valence-corrected chi connectivity index (χ2v) is 13.1. The molecular formula is C34H43F2N5O2. The van der Waals surface area contributed by atoms with Crippen LogP contribution >= 0.6 is 0 Å². The van der Waals surface area contributed by atoms with E-state index in [-0.39, 0.29) is 34.8 Å². The number of nitrogens with one attached hydrogen (secondary N) is 1. The molecule has 2 aromatic rings. The molecule has 0 spiro atoms. The molecule has 0 unspecified atom stereocenters. The summed E-state index contributed by atoms with van der Waals surface area (Å²) in [5, 5.41) is 12.2. The monoisotopic (exact) mass is 591 g/mol. The van der Waals surface area contributed by atoms with E-state index in [2.05, 4.69) is 26.1 Å². The van der Waals surface area contributed by atoms with E-state index < -0.39 is 5.82 Å². The van der Waals surface area contributed by atoms with Gasteiger partial charge in [-0.1, -0.05) is 18.6 Å². The molecule has 1 aliphatic carbocycles. The second kappa shape index (κ2) is 12.8. The van der Waals surface area contributed by atoms with Gasteiger partial charge in [0.1, 0.15) is 17.7 Å². The van der Waals surface area contributed by atoms with Gasteiger partial charge in [-0.3, -0.25) is 0 Å². The molecular weight excluding hydrogens is 548 g/mol. The first kappa shape index (κ1) is 29.8. The Hall–Kier alpha value is -3.22. The quantitative estimate of drug-likeness (QED) is 0.435. The molecule has 3 aliphatic heterocycles. The zero-order valence-electron chi connectivity index (χ0n) is 25.1. The first-order valence-electron chi connectivity index (χ1n) is 15.9. The van der Waals surface area contributed by atoms with Crippen molar-refractivity contribution in [3.05, 3.63) is 65.2 Å². The van der Waals surface area contributed by atoms with Gasteiger partial charge in [-0.15, -0.1) is 0 Å². The number of rotatable bonds is 9. The SMILES string of the molecule is COC(=O)N[C@H]1CCC[C@@H]1[C@](CN1CCC1)(c1cccc(F)c1)C1CCN(CC2CN(c3ccc(C#N)c(F)c3)C2)CC1. The Morgan fingerprint density at radius 1 is 1.02 bits per heavy atom. The normalized spacial score (nSPS) is 24.9. The number of nitrogens with zero attached hydrogens (tertiary/aromatic N) is 4. The van der Waals surface area contributed by atoms with Crippen LogP contribution in [-0.4, -0.2) is 81.4 Å². The Labute approximate surface area is 253 Å². The summed E-state index contributed by atoms with van der Waals surface area (Å²) in [6, 6.07) is 14.0. The molecule has 1 N–H and O–H groups in total. The Bertz CT molecular complexity index is 1330. The highest BCUT2D eigenvalue weighted by Gasteiger charge is 2.53. The fraction of sp³-hybridized carbons (Fsp3) is 0.588. The van der Waals surface area contributed by atoms with Crippen molar-refractivity contribution in [1.82, 2.24) is 15.1 Å². The maximum Gasteiger partial charge on any atom is 0.407 e. The number of methoxy groups -OCH3 is 1. The van der Waals surface area contributed by atoms with Crippen molar-refractivity contribution in [2.45, 2.75) is 50.0 Å². The topological polar surface area (TPSA) is 71.8 Å². The summed E-state index contributed by atoms with van der Waals surface area (Å²) >= 11 is 0. The predicted octanol–water partition coefficient (Wildman–Crippen LogP) is 5.15. The number of piperidine rings is 1. The van der Waals surface area contributed by atoms with Crippen molar-refractivity contribution >= 4 is 11.8 Å². The number of nitriles is 1. The number of amides is 1. The highest BCUT2D eigenvalue weighted by atomic mass is 19.1. The molecule has 2 aromatic carbocycles. The molecule has 1 amide bonds. The van der Waals surface area contributed by atoms with Gasteiger partial charge < -0.3 is 24.8 Å². The third-order valence-corrected chi connectivity index (χ3v) is 10.7. The van der Waals surface area contributed by atoms with Crippen LogP contribution in [0.25, 0.3) is 0 Å². The number of carbonyl (C=O) groups is 1. The molecule has 4 fully saturated rings. The number of anilines is 1. The fourth-order valence-corrected chi connectivity index (χ4v) is 8.42. The molecule has 1 saturated carbocycles. The van der Waals surface area contributed by atoms with Gasteiger partial charge in [-0.2, -0.15) is 5.26 Å². The molecule has 6 rings (SSSR count). The molecule has 4 aliphatic rings. The van der Waals surface area contributed by atoms with E-state index in [4.69, 9.17) is 10.00 Å². The summed E-state index contributed by atoms with van der Waals surface area (Å²) < 4.78 is 34.0. The summed E-state index contributed by atoms with van der Waals surface area (Å²) in [5.41, 5.74) is 1.73. The lowest BCUT2D eigenvalue weighted by molar-refractivity contribution is 0.0223. The largest absolute Gasteiger partial charge is 0.453 e. The minimum Gasteiger partial charge on any atom is -0.453 e. The van der Waals surface area contributed by atoms with Gasteiger partial charge in [0, 0.05) is 49.2 Å². The van der Waals surface area contributed by atoms with Crippen LogP contribution in [0.3, 0.4) is 0 Å². The fourth-order valence-electron chi connectivity index (χ4n) is 8.42. The molecule has 9 heteroatoms. The van der Waals surface area contributed by atoms with Gasteiger partial charge in [0.05, 0.1) is 12.7 Å². The van der Waals surface area contributed by atoms with Gasteiger partial charge in [-0.25, -0.2) is 13.6 Å². The van der Waals surface area contributed by atoms with Crippen LogP contribution in [0, 0.1) is 40.7 Å².